The molecule has 208 valence electrons. The van der Waals surface area contributed by atoms with Crippen LogP contribution in [0.15, 0.2) is 84.0 Å². The zero-order valence-corrected chi connectivity index (χ0v) is 21.7. The molecule has 0 atom stereocenters. The van der Waals surface area contributed by atoms with Gasteiger partial charge in [0.05, 0.1) is 29.8 Å². The molecular weight excluding hydrogens is 534 g/mol. The number of carbonyl (C=O) groups is 1. The molecule has 0 spiro atoms. The second-order valence-electron chi connectivity index (χ2n) is 9.55. The number of fused-ring (bicyclic) bond motifs is 1. The second-order valence-corrected chi connectivity index (χ2v) is 9.55. The molecular formula is C29H24F2N6O4. The molecule has 1 N–H and O–H groups in total. The molecule has 12 heteroatoms. The first-order valence-corrected chi connectivity index (χ1v) is 12.9. The fraction of sp³-hybridized carbons (Fsp3) is 0.172. The summed E-state index contributed by atoms with van der Waals surface area (Å²) in [6.45, 7) is 2.25. The number of hydrogen-bond acceptors (Lipinski definition) is 7. The van der Waals surface area contributed by atoms with Crippen LogP contribution in [0.25, 0.3) is 16.6 Å². The number of pyridine rings is 1. The van der Waals surface area contributed by atoms with Crippen molar-refractivity contribution in [1.29, 1.82) is 0 Å². The average Bonchev–Trinajstić information content (AvgIpc) is 3.49. The third-order valence-corrected chi connectivity index (χ3v) is 7.07. The zero-order chi connectivity index (χ0) is 28.5. The van der Waals surface area contributed by atoms with Gasteiger partial charge in [0, 0.05) is 43.8 Å². The van der Waals surface area contributed by atoms with E-state index in [9.17, 15) is 9.59 Å². The van der Waals surface area contributed by atoms with E-state index < -0.39 is 29.0 Å². The Morgan fingerprint density at radius 2 is 1.66 bits per heavy atom. The Labute approximate surface area is 232 Å². The smallest absolute Gasteiger partial charge is 0.449 e. The molecule has 0 unspecified atom stereocenters. The van der Waals surface area contributed by atoms with Gasteiger partial charge < -0.3 is 24.2 Å². The number of rotatable bonds is 6. The number of anilines is 2. The summed E-state index contributed by atoms with van der Waals surface area (Å²) in [6.07, 6.45) is 2.67. The van der Waals surface area contributed by atoms with Crippen LogP contribution in [0, 0.1) is 11.6 Å². The summed E-state index contributed by atoms with van der Waals surface area (Å²) in [5.74, 6) is -2.40. The molecule has 0 aliphatic carbocycles. The summed E-state index contributed by atoms with van der Waals surface area (Å²) < 4.78 is 39.5. The van der Waals surface area contributed by atoms with Crippen LogP contribution in [0.1, 0.15) is 5.56 Å². The number of ether oxygens (including phenoxy) is 1. The molecule has 0 bridgehead atoms. The van der Waals surface area contributed by atoms with Crippen molar-refractivity contribution in [1.82, 2.24) is 19.6 Å². The van der Waals surface area contributed by atoms with Gasteiger partial charge in [-0.15, -0.1) is 5.10 Å². The highest BCUT2D eigenvalue weighted by Gasteiger charge is 2.27. The summed E-state index contributed by atoms with van der Waals surface area (Å²) in [5, 5.41) is 16.6. The number of nitrogens with zero attached hydrogens (tertiary/aromatic N) is 6. The van der Waals surface area contributed by atoms with Crippen LogP contribution < -0.4 is 20.0 Å². The largest absolute Gasteiger partial charge is 0.511 e. The molecule has 41 heavy (non-hydrogen) atoms. The molecule has 3 heterocycles. The maximum absolute atomic E-state index is 16.4. The maximum atomic E-state index is 16.4. The number of piperazine rings is 1. The van der Waals surface area contributed by atoms with E-state index in [4.69, 9.17) is 9.84 Å². The number of halogens is 2. The number of para-hydroxylation sites is 1. The average molecular weight is 559 g/mol. The predicted octanol–water partition coefficient (Wildman–Crippen LogP) is 4.29. The summed E-state index contributed by atoms with van der Waals surface area (Å²) in [7, 11) is 0. The Balaban J connectivity index is 1.42. The minimum Gasteiger partial charge on any atom is -0.449 e. The molecule has 0 amide bonds. The molecule has 6 rings (SSSR count). The van der Waals surface area contributed by atoms with Crippen LogP contribution in [-0.4, -0.2) is 57.0 Å². The predicted molar refractivity (Wildman–Crippen MR) is 148 cm³/mol. The zero-order valence-electron chi connectivity index (χ0n) is 21.7. The number of carboxylic acid groups (broad SMARTS) is 1. The van der Waals surface area contributed by atoms with E-state index >= 15 is 8.78 Å². The first-order valence-electron chi connectivity index (χ1n) is 12.9. The standard InChI is InChI=1S/C29H24F2N6O4/c30-23-16-22-26(25(31)27(23)35-14-12-34(13-15-35)20-4-2-1-3-5-20)37(18-24(28(22)38)41-29(39)40)21-8-6-19(7-9-21)17-36-11-10-32-33-36/h1-11,16,18H,12-15,17H2,(H,39,40). The number of aromatic nitrogens is 4. The summed E-state index contributed by atoms with van der Waals surface area (Å²) in [4.78, 5) is 28.1. The van der Waals surface area contributed by atoms with Crippen LogP contribution in [0.2, 0.25) is 0 Å². The second kappa shape index (κ2) is 10.7. The van der Waals surface area contributed by atoms with Crippen molar-refractivity contribution in [3.63, 3.8) is 0 Å². The van der Waals surface area contributed by atoms with Crippen molar-refractivity contribution in [2.45, 2.75) is 6.54 Å². The maximum Gasteiger partial charge on any atom is 0.511 e. The van der Waals surface area contributed by atoms with Gasteiger partial charge in [-0.1, -0.05) is 35.5 Å². The monoisotopic (exact) mass is 558 g/mol. The normalized spacial score (nSPS) is 13.5. The van der Waals surface area contributed by atoms with Gasteiger partial charge in [0.1, 0.15) is 11.5 Å². The van der Waals surface area contributed by atoms with Crippen molar-refractivity contribution in [3.05, 3.63) is 107 Å². The van der Waals surface area contributed by atoms with Crippen molar-refractivity contribution in [3.8, 4) is 11.4 Å². The van der Waals surface area contributed by atoms with E-state index in [-0.39, 0.29) is 16.6 Å². The topological polar surface area (TPSA) is 106 Å². The fourth-order valence-corrected chi connectivity index (χ4v) is 5.13. The highest BCUT2D eigenvalue weighted by atomic mass is 19.1. The van der Waals surface area contributed by atoms with Crippen LogP contribution in [0.4, 0.5) is 25.0 Å². The Kier molecular flexibility index (Phi) is 6.79. The lowest BCUT2D eigenvalue weighted by Crippen LogP contribution is -2.47. The van der Waals surface area contributed by atoms with Crippen LogP contribution in [0.5, 0.6) is 5.75 Å². The third-order valence-electron chi connectivity index (χ3n) is 7.07. The molecule has 0 saturated carbocycles. The van der Waals surface area contributed by atoms with Gasteiger partial charge in [-0.25, -0.2) is 18.3 Å². The van der Waals surface area contributed by atoms with Gasteiger partial charge in [0.2, 0.25) is 5.43 Å². The molecule has 1 saturated heterocycles. The van der Waals surface area contributed by atoms with E-state index in [0.29, 0.717) is 38.4 Å². The lowest BCUT2D eigenvalue weighted by atomic mass is 10.1. The van der Waals surface area contributed by atoms with E-state index in [0.717, 1.165) is 23.5 Å². The highest BCUT2D eigenvalue weighted by molar-refractivity contribution is 5.87. The molecule has 1 aliphatic heterocycles. The van der Waals surface area contributed by atoms with E-state index in [1.807, 2.05) is 30.3 Å². The number of hydrogen-bond donors (Lipinski definition) is 1. The molecule has 2 aromatic heterocycles. The molecule has 1 fully saturated rings. The summed E-state index contributed by atoms with van der Waals surface area (Å²) >= 11 is 0. The Bertz CT molecular complexity index is 1770. The molecule has 1 aliphatic rings. The first kappa shape index (κ1) is 26.0. The Hall–Kier alpha value is -5.26. The minimum atomic E-state index is -1.72. The fourth-order valence-electron chi connectivity index (χ4n) is 5.13. The number of benzene rings is 3. The molecule has 3 aromatic carbocycles. The Morgan fingerprint density at radius 3 is 2.32 bits per heavy atom. The quantitative estimate of drug-likeness (QED) is 0.308. The lowest BCUT2D eigenvalue weighted by molar-refractivity contribution is 0.144. The van der Waals surface area contributed by atoms with E-state index in [1.165, 1.54) is 4.57 Å². The van der Waals surface area contributed by atoms with Crippen molar-refractivity contribution in [2.75, 3.05) is 36.0 Å². The highest BCUT2D eigenvalue weighted by Crippen LogP contribution is 2.33. The SMILES string of the molecule is O=C(O)Oc1cn(-c2ccc(Cn3ccnn3)cc2)c2c(F)c(N3CCN(c4ccccc4)CC3)c(F)cc2c1=O. The van der Waals surface area contributed by atoms with Gasteiger partial charge in [0.25, 0.3) is 0 Å². The molecule has 10 nitrogen and oxygen atoms in total. The van der Waals surface area contributed by atoms with Gasteiger partial charge in [-0.2, -0.15) is 0 Å². The van der Waals surface area contributed by atoms with Gasteiger partial charge in [-0.3, -0.25) is 4.79 Å². The minimum absolute atomic E-state index is 0.182. The Morgan fingerprint density at radius 1 is 0.951 bits per heavy atom. The summed E-state index contributed by atoms with van der Waals surface area (Å²) in [6, 6.07) is 17.6. The van der Waals surface area contributed by atoms with Crippen molar-refractivity contribution < 1.29 is 23.4 Å². The lowest BCUT2D eigenvalue weighted by Gasteiger charge is -2.37. The summed E-state index contributed by atoms with van der Waals surface area (Å²) in [5.41, 5.74) is 0.957. The van der Waals surface area contributed by atoms with Crippen LogP contribution >= 0.6 is 0 Å². The van der Waals surface area contributed by atoms with Crippen molar-refractivity contribution >= 4 is 28.4 Å². The van der Waals surface area contributed by atoms with Crippen molar-refractivity contribution in [2.24, 2.45) is 0 Å². The van der Waals surface area contributed by atoms with Crippen LogP contribution in [-0.2, 0) is 6.54 Å². The van der Waals surface area contributed by atoms with E-state index in [2.05, 4.69) is 15.2 Å². The van der Waals surface area contributed by atoms with Gasteiger partial charge in [-0.05, 0) is 35.9 Å². The van der Waals surface area contributed by atoms with Gasteiger partial charge >= 0.3 is 6.16 Å². The van der Waals surface area contributed by atoms with Gasteiger partial charge in [0.15, 0.2) is 11.6 Å². The van der Waals surface area contributed by atoms with E-state index in [1.54, 1.807) is 46.2 Å². The van der Waals surface area contributed by atoms with Crippen LogP contribution in [0.3, 0.4) is 0 Å². The molecule has 0 radical (unpaired) electrons. The third kappa shape index (κ3) is 5.07. The first-order chi connectivity index (χ1) is 19.9. The molecule has 5 aromatic rings.